The molecule has 1 aromatic carbocycles. The highest BCUT2D eigenvalue weighted by molar-refractivity contribution is 7.20. The van der Waals surface area contributed by atoms with Gasteiger partial charge in [0.2, 0.25) is 5.91 Å². The molecule has 1 saturated heterocycles. The van der Waals surface area contributed by atoms with E-state index in [0.29, 0.717) is 10.8 Å². The third-order valence-corrected chi connectivity index (χ3v) is 6.79. The Bertz CT molecular complexity index is 1120. The monoisotopic (exact) mass is 466 g/mol. The van der Waals surface area contributed by atoms with Crippen molar-refractivity contribution < 1.29 is 14.0 Å². The van der Waals surface area contributed by atoms with Gasteiger partial charge >= 0.3 is 0 Å². The molecule has 0 saturated carbocycles. The number of Topliss-reactive ketones (excluding diaryl/α,β-unsaturated/α-hetero) is 1. The Hall–Kier alpha value is -3.13. The van der Waals surface area contributed by atoms with Gasteiger partial charge in [-0.2, -0.15) is 0 Å². The molecule has 0 aliphatic carbocycles. The van der Waals surface area contributed by atoms with Gasteiger partial charge in [-0.25, -0.2) is 9.37 Å². The number of nitrogens with one attached hydrogen (secondary N) is 1. The fraction of sp³-hybridized carbons (Fsp3) is 0.360. The average Bonchev–Trinajstić information content (AvgIpc) is 3.24. The van der Waals surface area contributed by atoms with Gasteiger partial charge < -0.3 is 10.2 Å². The van der Waals surface area contributed by atoms with Crippen LogP contribution in [0.15, 0.2) is 48.7 Å². The molecule has 33 heavy (non-hydrogen) atoms. The van der Waals surface area contributed by atoms with E-state index < -0.39 is 5.41 Å². The molecule has 6 nitrogen and oxygen atoms in total. The summed E-state index contributed by atoms with van der Waals surface area (Å²) in [6.07, 6.45) is 5.00. The molecule has 3 aromatic rings. The average molecular weight is 467 g/mol. The van der Waals surface area contributed by atoms with Crippen LogP contribution in [0.1, 0.15) is 50.0 Å². The number of benzene rings is 1. The van der Waals surface area contributed by atoms with E-state index in [9.17, 15) is 14.0 Å². The number of ketones is 1. The lowest BCUT2D eigenvalue weighted by atomic mass is 9.85. The summed E-state index contributed by atoms with van der Waals surface area (Å²) in [4.78, 5) is 36.8. The number of halogens is 1. The van der Waals surface area contributed by atoms with Crippen molar-refractivity contribution in [1.29, 1.82) is 0 Å². The molecule has 0 spiro atoms. The lowest BCUT2D eigenvalue weighted by Gasteiger charge is -2.27. The highest BCUT2D eigenvalue weighted by Crippen LogP contribution is 2.40. The third-order valence-electron chi connectivity index (χ3n) is 5.76. The van der Waals surface area contributed by atoms with Crippen LogP contribution in [0.4, 0.5) is 14.5 Å². The Morgan fingerprint density at radius 2 is 1.82 bits per heavy atom. The first kappa shape index (κ1) is 23.0. The number of carbonyl (C=O) groups is 2. The minimum Gasteiger partial charge on any atom is -0.362 e. The molecule has 1 fully saturated rings. The van der Waals surface area contributed by atoms with Crippen molar-refractivity contribution >= 4 is 33.2 Å². The Morgan fingerprint density at radius 1 is 1.09 bits per heavy atom. The van der Waals surface area contributed by atoms with Crippen LogP contribution in [-0.2, 0) is 4.79 Å². The largest absolute Gasteiger partial charge is 0.362 e. The van der Waals surface area contributed by atoms with Gasteiger partial charge in [-0.05, 0) is 55.7 Å². The van der Waals surface area contributed by atoms with Crippen molar-refractivity contribution in [3.63, 3.8) is 0 Å². The zero-order valence-electron chi connectivity index (χ0n) is 18.8. The van der Waals surface area contributed by atoms with E-state index in [1.165, 1.54) is 29.9 Å². The van der Waals surface area contributed by atoms with E-state index in [-0.39, 0.29) is 23.9 Å². The number of hydrogen-bond acceptors (Lipinski definition) is 6. The second-order valence-electron chi connectivity index (χ2n) is 8.88. The van der Waals surface area contributed by atoms with E-state index in [2.05, 4.69) is 15.2 Å². The Balaban J connectivity index is 1.56. The smallest absolute Gasteiger partial charge is 0.232 e. The zero-order valence-corrected chi connectivity index (χ0v) is 19.6. The maximum absolute atomic E-state index is 13.5. The van der Waals surface area contributed by atoms with Crippen LogP contribution in [-0.4, -0.2) is 34.7 Å². The molecular weight excluding hydrogens is 439 g/mol. The number of hydrogen-bond donors (Lipinski definition) is 1. The summed E-state index contributed by atoms with van der Waals surface area (Å²) >= 11 is 1.42. The summed E-state index contributed by atoms with van der Waals surface area (Å²) in [6.45, 7) is 5.33. The van der Waals surface area contributed by atoms with Gasteiger partial charge in [-0.15, -0.1) is 0 Å². The maximum atomic E-state index is 13.5. The van der Waals surface area contributed by atoms with E-state index in [4.69, 9.17) is 4.98 Å². The van der Waals surface area contributed by atoms with Gasteiger partial charge in [-0.1, -0.05) is 31.3 Å². The van der Waals surface area contributed by atoms with Gasteiger partial charge in [0.1, 0.15) is 22.2 Å². The number of amides is 1. The fourth-order valence-corrected chi connectivity index (χ4v) is 4.87. The van der Waals surface area contributed by atoms with Crippen LogP contribution >= 0.6 is 11.3 Å². The predicted octanol–water partition coefficient (Wildman–Crippen LogP) is 5.57. The summed E-state index contributed by atoms with van der Waals surface area (Å²) in [5, 5.41) is 4.36. The Kier molecular flexibility index (Phi) is 6.83. The van der Waals surface area contributed by atoms with Crippen molar-refractivity contribution in [2.24, 2.45) is 5.41 Å². The first-order valence-corrected chi connectivity index (χ1v) is 11.9. The summed E-state index contributed by atoms with van der Waals surface area (Å²) in [5.41, 5.74) is 0.943. The zero-order chi connectivity index (χ0) is 23.4. The normalized spacial score (nSPS) is 14.2. The molecule has 0 bridgehead atoms. The number of piperidine rings is 1. The molecule has 0 radical (unpaired) electrons. The van der Waals surface area contributed by atoms with Crippen LogP contribution in [0.25, 0.3) is 11.3 Å². The molecule has 0 atom stereocenters. The number of thiazole rings is 1. The summed E-state index contributed by atoms with van der Waals surface area (Å²) in [6, 6.07) is 11.4. The number of nitrogens with zero attached hydrogens (tertiary/aromatic N) is 3. The first-order chi connectivity index (χ1) is 15.8. The highest BCUT2D eigenvalue weighted by Gasteiger charge is 2.32. The second-order valence-corrected chi connectivity index (χ2v) is 9.86. The van der Waals surface area contributed by atoms with E-state index in [1.807, 2.05) is 0 Å². The van der Waals surface area contributed by atoms with E-state index in [1.54, 1.807) is 50.4 Å². The molecule has 1 aliphatic heterocycles. The van der Waals surface area contributed by atoms with Crippen LogP contribution in [0.5, 0.6) is 0 Å². The summed E-state index contributed by atoms with van der Waals surface area (Å²) in [7, 11) is 0. The van der Waals surface area contributed by atoms with Gasteiger partial charge in [0.05, 0.1) is 5.41 Å². The molecule has 1 N–H and O–H groups in total. The molecule has 8 heteroatoms. The van der Waals surface area contributed by atoms with Crippen LogP contribution < -0.4 is 10.2 Å². The highest BCUT2D eigenvalue weighted by atomic mass is 32.1. The quantitative estimate of drug-likeness (QED) is 0.461. The SMILES string of the molecule is CC(C)(CC(=O)c1ccccn1)C(=O)Nc1nc(-c2ccc(F)cc2)c(N2CCCCC2)s1. The predicted molar refractivity (Wildman–Crippen MR) is 129 cm³/mol. The van der Waals surface area contributed by atoms with Crippen molar-refractivity contribution in [3.05, 3.63) is 60.2 Å². The maximum Gasteiger partial charge on any atom is 0.232 e. The van der Waals surface area contributed by atoms with Gasteiger partial charge in [0, 0.05) is 31.3 Å². The van der Waals surface area contributed by atoms with Gasteiger partial charge in [0.15, 0.2) is 10.9 Å². The minimum atomic E-state index is -0.943. The lowest BCUT2D eigenvalue weighted by molar-refractivity contribution is -0.123. The number of anilines is 2. The minimum absolute atomic E-state index is 0.0328. The fourth-order valence-electron chi connectivity index (χ4n) is 3.84. The van der Waals surface area contributed by atoms with E-state index in [0.717, 1.165) is 42.2 Å². The standard InChI is InChI=1S/C25H27FN4O2S/c1-25(2,16-20(31)19-8-4-5-13-27-19)23(32)29-24-28-21(17-9-11-18(26)12-10-17)22(33-24)30-14-6-3-7-15-30/h4-5,8-13H,3,6-7,14-16H2,1-2H3,(H,28,29,32). The number of carbonyl (C=O) groups excluding carboxylic acids is 2. The van der Waals surface area contributed by atoms with E-state index >= 15 is 0 Å². The molecule has 0 unspecified atom stereocenters. The van der Waals surface area contributed by atoms with Crippen molar-refractivity contribution in [3.8, 4) is 11.3 Å². The van der Waals surface area contributed by atoms with Gasteiger partial charge in [-0.3, -0.25) is 14.6 Å². The molecule has 2 aromatic heterocycles. The lowest BCUT2D eigenvalue weighted by Crippen LogP contribution is -2.33. The molecule has 3 heterocycles. The topological polar surface area (TPSA) is 75.2 Å². The molecule has 4 rings (SSSR count). The third kappa shape index (κ3) is 5.45. The van der Waals surface area contributed by atoms with Crippen molar-refractivity contribution in [1.82, 2.24) is 9.97 Å². The van der Waals surface area contributed by atoms with Gasteiger partial charge in [0.25, 0.3) is 0 Å². The molecule has 172 valence electrons. The number of aromatic nitrogens is 2. The second kappa shape index (κ2) is 9.79. The van der Waals surface area contributed by atoms with Crippen LogP contribution in [0.3, 0.4) is 0 Å². The summed E-state index contributed by atoms with van der Waals surface area (Å²) < 4.78 is 13.5. The van der Waals surface area contributed by atoms with Crippen molar-refractivity contribution in [2.75, 3.05) is 23.3 Å². The Labute approximate surface area is 196 Å². The first-order valence-electron chi connectivity index (χ1n) is 11.1. The molecule has 1 aliphatic rings. The molecular formula is C25H27FN4O2S. The Morgan fingerprint density at radius 3 is 2.48 bits per heavy atom. The number of pyridine rings is 1. The number of rotatable bonds is 7. The van der Waals surface area contributed by atoms with Crippen molar-refractivity contribution in [2.45, 2.75) is 39.5 Å². The van der Waals surface area contributed by atoms with Crippen LogP contribution in [0.2, 0.25) is 0 Å². The van der Waals surface area contributed by atoms with Crippen LogP contribution in [0, 0.1) is 11.2 Å². The molecule has 1 amide bonds. The summed E-state index contributed by atoms with van der Waals surface area (Å²) in [5.74, 6) is -0.770.